The molecule has 0 aliphatic heterocycles. The molecule has 0 fully saturated rings. The second kappa shape index (κ2) is 5.09. The van der Waals surface area contributed by atoms with Gasteiger partial charge in [0.05, 0.1) is 0 Å². The van der Waals surface area contributed by atoms with Gasteiger partial charge in [-0.3, -0.25) is 0 Å². The van der Waals surface area contributed by atoms with Crippen LogP contribution in [0.3, 0.4) is 0 Å². The summed E-state index contributed by atoms with van der Waals surface area (Å²) in [5, 5.41) is 1.54. The van der Waals surface area contributed by atoms with Crippen molar-refractivity contribution in [2.24, 2.45) is 0 Å². The maximum Gasteiger partial charge on any atom is 0.350 e. The molecule has 0 saturated heterocycles. The van der Waals surface area contributed by atoms with Crippen LogP contribution in [-0.2, 0) is 13.7 Å². The van der Waals surface area contributed by atoms with Crippen LogP contribution in [0.2, 0.25) is 0 Å². The van der Waals surface area contributed by atoms with Crippen LogP contribution in [0.15, 0.2) is 0 Å². The Balaban J connectivity index is 3.31. The first-order chi connectivity index (χ1) is 4.20. The Morgan fingerprint density at radius 1 is 1.11 bits per heavy atom. The summed E-state index contributed by atoms with van der Waals surface area (Å²) in [6, 6.07) is 0. The highest BCUT2D eigenvalue weighted by molar-refractivity contribution is 7.41. The van der Waals surface area contributed by atoms with Gasteiger partial charge in [-0.2, -0.15) is 5.06 Å². The highest BCUT2D eigenvalue weighted by Gasteiger charge is 2.07. The molecule has 0 aromatic rings. The minimum atomic E-state index is -1.17. The quantitative estimate of drug-likeness (QED) is 0.445. The topological polar surface area (TPSA) is 30.9 Å². The molecular formula is C4H12NO3P. The normalized spacial score (nSPS) is 11.3. The molecule has 0 bridgehead atoms. The van der Waals surface area contributed by atoms with Gasteiger partial charge in [-0.05, 0) is 0 Å². The van der Waals surface area contributed by atoms with Crippen molar-refractivity contribution in [2.75, 3.05) is 28.3 Å². The third kappa shape index (κ3) is 4.75. The molecule has 0 aliphatic rings. The highest BCUT2D eigenvalue weighted by Crippen LogP contribution is 2.37. The molecule has 0 atom stereocenters. The van der Waals surface area contributed by atoms with Crippen molar-refractivity contribution in [3.05, 3.63) is 0 Å². The molecule has 9 heavy (non-hydrogen) atoms. The molecule has 0 heterocycles. The molecule has 0 radical (unpaired) electrons. The van der Waals surface area contributed by atoms with Crippen molar-refractivity contribution in [3.63, 3.8) is 0 Å². The first-order valence-corrected chi connectivity index (χ1v) is 3.54. The van der Waals surface area contributed by atoms with Crippen LogP contribution in [0.5, 0.6) is 0 Å². The van der Waals surface area contributed by atoms with E-state index in [0.29, 0.717) is 0 Å². The summed E-state index contributed by atoms with van der Waals surface area (Å²) in [6.45, 7) is 0. The van der Waals surface area contributed by atoms with Crippen molar-refractivity contribution >= 4 is 8.60 Å². The Labute approximate surface area is 56.6 Å². The van der Waals surface area contributed by atoms with Gasteiger partial charge >= 0.3 is 8.60 Å². The second-order valence-electron chi connectivity index (χ2n) is 1.48. The number of hydroxylamine groups is 2. The van der Waals surface area contributed by atoms with Crippen LogP contribution in [0, 0.1) is 0 Å². The van der Waals surface area contributed by atoms with E-state index in [-0.39, 0.29) is 0 Å². The third-order valence-corrected chi connectivity index (χ3v) is 1.58. The number of hydrogen-bond donors (Lipinski definition) is 0. The van der Waals surface area contributed by atoms with E-state index in [4.69, 9.17) is 13.7 Å². The number of nitrogens with zero attached hydrogens (tertiary/aromatic N) is 1. The van der Waals surface area contributed by atoms with E-state index in [1.807, 2.05) is 0 Å². The van der Waals surface area contributed by atoms with Crippen LogP contribution in [0.4, 0.5) is 0 Å². The van der Waals surface area contributed by atoms with Gasteiger partial charge in [-0.25, -0.2) is 4.62 Å². The van der Waals surface area contributed by atoms with Crippen LogP contribution in [-0.4, -0.2) is 33.4 Å². The summed E-state index contributed by atoms with van der Waals surface area (Å²) in [5.41, 5.74) is 0. The highest BCUT2D eigenvalue weighted by atomic mass is 31.2. The summed E-state index contributed by atoms with van der Waals surface area (Å²) in [7, 11) is 5.45. The van der Waals surface area contributed by atoms with Crippen LogP contribution < -0.4 is 0 Å². The molecule has 0 unspecified atom stereocenters. The van der Waals surface area contributed by atoms with Gasteiger partial charge in [-0.1, -0.05) is 0 Å². The fourth-order valence-corrected chi connectivity index (χ4v) is 0.824. The van der Waals surface area contributed by atoms with Crippen LogP contribution in [0.1, 0.15) is 0 Å². The molecule has 5 heteroatoms. The lowest BCUT2D eigenvalue weighted by Gasteiger charge is -2.15. The van der Waals surface area contributed by atoms with Crippen molar-refractivity contribution < 1.29 is 13.7 Å². The monoisotopic (exact) mass is 153 g/mol. The fourth-order valence-electron chi connectivity index (χ4n) is 0.275. The molecule has 0 spiro atoms. The standard InChI is InChI=1S/C4H12NO3P/c1-5(2)8-9(6-3)7-4/h1-4H3. The van der Waals surface area contributed by atoms with Gasteiger partial charge in [-0.15, -0.1) is 0 Å². The largest absolute Gasteiger partial charge is 0.350 e. The first kappa shape index (κ1) is 9.27. The Hall–Kier alpha value is 0.270. The minimum absolute atomic E-state index is 1.17. The van der Waals surface area contributed by atoms with E-state index in [1.54, 1.807) is 33.4 Å². The average molecular weight is 153 g/mol. The molecule has 0 amide bonds. The molecule has 0 rings (SSSR count). The molecule has 56 valence electrons. The fraction of sp³-hybridized carbons (Fsp3) is 1.00. The van der Waals surface area contributed by atoms with Gasteiger partial charge in [0, 0.05) is 28.3 Å². The number of rotatable bonds is 4. The van der Waals surface area contributed by atoms with E-state index >= 15 is 0 Å². The van der Waals surface area contributed by atoms with E-state index in [0.717, 1.165) is 0 Å². The Bertz CT molecular complexity index is 66.8. The van der Waals surface area contributed by atoms with Gasteiger partial charge in [0.15, 0.2) is 0 Å². The Kier molecular flexibility index (Phi) is 5.24. The zero-order valence-electron chi connectivity index (χ0n) is 6.12. The van der Waals surface area contributed by atoms with Crippen molar-refractivity contribution in [1.29, 1.82) is 0 Å². The van der Waals surface area contributed by atoms with Gasteiger partial charge in [0.25, 0.3) is 0 Å². The average Bonchev–Trinajstić information content (AvgIpc) is 1.82. The SMILES string of the molecule is COP(OC)ON(C)C. The summed E-state index contributed by atoms with van der Waals surface area (Å²) >= 11 is 0. The van der Waals surface area contributed by atoms with Crippen LogP contribution >= 0.6 is 8.60 Å². The molecular weight excluding hydrogens is 141 g/mol. The van der Waals surface area contributed by atoms with Gasteiger partial charge in [0.2, 0.25) is 0 Å². The zero-order chi connectivity index (χ0) is 7.28. The molecule has 0 aliphatic carbocycles. The van der Waals surface area contributed by atoms with Gasteiger partial charge < -0.3 is 9.05 Å². The van der Waals surface area contributed by atoms with Gasteiger partial charge in [0.1, 0.15) is 0 Å². The van der Waals surface area contributed by atoms with Crippen molar-refractivity contribution in [3.8, 4) is 0 Å². The molecule has 0 saturated carbocycles. The van der Waals surface area contributed by atoms with Crippen LogP contribution in [0.25, 0.3) is 0 Å². The second-order valence-corrected chi connectivity index (χ2v) is 2.82. The summed E-state index contributed by atoms with van der Waals surface area (Å²) in [4.78, 5) is 0. The van der Waals surface area contributed by atoms with E-state index in [2.05, 4.69) is 0 Å². The Morgan fingerprint density at radius 2 is 1.56 bits per heavy atom. The summed E-state index contributed by atoms with van der Waals surface area (Å²) in [6.07, 6.45) is 0. The maximum absolute atomic E-state index is 5.00. The third-order valence-electron chi connectivity index (χ3n) is 0.528. The Morgan fingerprint density at radius 3 is 1.67 bits per heavy atom. The lowest BCUT2D eigenvalue weighted by molar-refractivity contribution is -0.0230. The smallest absolute Gasteiger partial charge is 0.315 e. The van der Waals surface area contributed by atoms with E-state index < -0.39 is 8.60 Å². The predicted octanol–water partition coefficient (Wildman–Crippen LogP) is 0.999. The molecule has 0 N–H and O–H groups in total. The molecule has 0 aromatic heterocycles. The molecule has 0 aromatic carbocycles. The predicted molar refractivity (Wildman–Crippen MR) is 35.7 cm³/mol. The maximum atomic E-state index is 5.00. The summed E-state index contributed by atoms with van der Waals surface area (Å²) in [5.74, 6) is 0. The summed E-state index contributed by atoms with van der Waals surface area (Å²) < 4.78 is 14.6. The van der Waals surface area contributed by atoms with E-state index in [1.165, 1.54) is 0 Å². The lowest BCUT2D eigenvalue weighted by Crippen LogP contribution is -2.09. The zero-order valence-corrected chi connectivity index (χ0v) is 7.01. The van der Waals surface area contributed by atoms with Crippen molar-refractivity contribution in [1.82, 2.24) is 5.06 Å². The van der Waals surface area contributed by atoms with E-state index in [9.17, 15) is 0 Å². The van der Waals surface area contributed by atoms with Crippen molar-refractivity contribution in [2.45, 2.75) is 0 Å². The molecule has 4 nitrogen and oxygen atoms in total. The first-order valence-electron chi connectivity index (χ1n) is 2.44. The number of hydrogen-bond acceptors (Lipinski definition) is 4. The minimum Gasteiger partial charge on any atom is -0.315 e. The lowest BCUT2D eigenvalue weighted by atomic mass is 11.2.